The van der Waals surface area contributed by atoms with E-state index < -0.39 is 0 Å². The first kappa shape index (κ1) is 16.3. The number of rotatable bonds is 2. The largest absolute Gasteiger partial charge is 0.361 e. The molecule has 3 atom stereocenters. The molecule has 0 radical (unpaired) electrons. The quantitative estimate of drug-likeness (QED) is 0.825. The molecule has 1 unspecified atom stereocenters. The number of aromatic amines is 1. The van der Waals surface area contributed by atoms with E-state index in [9.17, 15) is 4.79 Å². The molecule has 2 aromatic rings. The molecule has 6 heteroatoms. The Morgan fingerprint density at radius 1 is 1.31 bits per heavy atom. The Morgan fingerprint density at radius 3 is 2.92 bits per heavy atom. The van der Waals surface area contributed by atoms with Crippen LogP contribution in [0.3, 0.4) is 0 Å². The van der Waals surface area contributed by atoms with Gasteiger partial charge in [-0.2, -0.15) is 0 Å². The summed E-state index contributed by atoms with van der Waals surface area (Å²) in [5.74, 6) is 1.18. The molecular weight excluding hydrogens is 344 g/mol. The van der Waals surface area contributed by atoms with Crippen LogP contribution in [0, 0.1) is 5.92 Å². The normalized spacial score (nSPS) is 28.9. The summed E-state index contributed by atoms with van der Waals surface area (Å²) >= 11 is 5.46. The second kappa shape index (κ2) is 5.79. The topological polar surface area (TPSA) is 42.6 Å². The zero-order valence-electron chi connectivity index (χ0n) is 15.2. The zero-order chi connectivity index (χ0) is 18.0. The highest BCUT2D eigenvalue weighted by Crippen LogP contribution is 2.44. The monoisotopic (exact) mass is 368 g/mol. The van der Waals surface area contributed by atoms with Gasteiger partial charge in [0.15, 0.2) is 5.11 Å². The van der Waals surface area contributed by atoms with E-state index in [0.717, 1.165) is 25.9 Å². The summed E-state index contributed by atoms with van der Waals surface area (Å²) in [5.41, 5.74) is 4.20. The van der Waals surface area contributed by atoms with Crippen LogP contribution in [0.25, 0.3) is 10.9 Å². The highest BCUT2D eigenvalue weighted by molar-refractivity contribution is 7.80. The second-order valence-electron chi connectivity index (χ2n) is 8.12. The molecule has 2 aliphatic heterocycles. The number of hydrogen-bond donors (Lipinski definition) is 1. The lowest BCUT2D eigenvalue weighted by molar-refractivity contribution is -0.124. The number of carbonyl (C=O) groups excluding carboxylic acids is 1. The number of nitrogens with one attached hydrogen (secondary N) is 1. The fraction of sp³-hybridized carbons (Fsp3) is 0.500. The van der Waals surface area contributed by atoms with Crippen LogP contribution in [0.15, 0.2) is 24.4 Å². The van der Waals surface area contributed by atoms with Crippen LogP contribution in [0.1, 0.15) is 23.5 Å². The molecule has 1 N–H and O–H groups in total. The van der Waals surface area contributed by atoms with Gasteiger partial charge in [-0.15, -0.1) is 0 Å². The van der Waals surface area contributed by atoms with Crippen molar-refractivity contribution in [2.45, 2.75) is 24.8 Å². The van der Waals surface area contributed by atoms with Gasteiger partial charge in [-0.1, -0.05) is 12.1 Å². The summed E-state index contributed by atoms with van der Waals surface area (Å²) in [5, 5.41) is 2.12. The number of benzene rings is 1. The number of thiocarbonyl (C=S) groups is 1. The van der Waals surface area contributed by atoms with E-state index in [1.54, 1.807) is 11.9 Å². The van der Waals surface area contributed by atoms with E-state index in [0.29, 0.717) is 29.5 Å². The minimum atomic E-state index is 0.108. The fourth-order valence-corrected chi connectivity index (χ4v) is 5.54. The lowest BCUT2D eigenvalue weighted by Crippen LogP contribution is -2.50. The van der Waals surface area contributed by atoms with Crippen molar-refractivity contribution in [2.24, 2.45) is 5.92 Å². The molecule has 0 spiro atoms. The van der Waals surface area contributed by atoms with Crippen molar-refractivity contribution >= 4 is 34.1 Å². The molecule has 1 aromatic carbocycles. The molecule has 2 fully saturated rings. The Hall–Kier alpha value is -1.92. The first-order chi connectivity index (χ1) is 12.5. The number of piperidine rings is 1. The van der Waals surface area contributed by atoms with Gasteiger partial charge in [0, 0.05) is 49.2 Å². The minimum Gasteiger partial charge on any atom is -0.361 e. The van der Waals surface area contributed by atoms with Crippen LogP contribution in [-0.2, 0) is 11.2 Å². The van der Waals surface area contributed by atoms with Gasteiger partial charge in [-0.05, 0) is 55.2 Å². The van der Waals surface area contributed by atoms with Crippen molar-refractivity contribution in [3.05, 3.63) is 35.5 Å². The average molecular weight is 369 g/mol. The molecule has 26 heavy (non-hydrogen) atoms. The number of H-pyrrole nitrogens is 1. The molecule has 5 rings (SSSR count). The van der Waals surface area contributed by atoms with E-state index >= 15 is 0 Å². The lowest BCUT2D eigenvalue weighted by Gasteiger charge is -2.46. The van der Waals surface area contributed by atoms with E-state index in [2.05, 4.69) is 46.2 Å². The maximum absolute atomic E-state index is 11.9. The number of likely N-dealkylation sites (N-methyl/N-ethyl adjacent to an activating group) is 2. The molecule has 3 aliphatic rings. The maximum Gasteiger partial charge on any atom is 0.248 e. The number of nitrogens with zero attached hydrogens (tertiary/aromatic N) is 3. The predicted molar refractivity (Wildman–Crippen MR) is 106 cm³/mol. The van der Waals surface area contributed by atoms with Crippen molar-refractivity contribution in [3.63, 3.8) is 0 Å². The fourth-order valence-electron chi connectivity index (χ4n) is 5.30. The van der Waals surface area contributed by atoms with Crippen molar-refractivity contribution in [3.8, 4) is 0 Å². The van der Waals surface area contributed by atoms with Crippen molar-refractivity contribution in [1.82, 2.24) is 19.7 Å². The Labute approximate surface area is 158 Å². The molecule has 1 amide bonds. The highest BCUT2D eigenvalue weighted by atomic mass is 32.1. The molecular formula is C20H24N4OS. The average Bonchev–Trinajstić information content (AvgIpc) is 3.14. The van der Waals surface area contributed by atoms with Gasteiger partial charge in [-0.25, -0.2) is 0 Å². The Kier molecular flexibility index (Phi) is 3.62. The van der Waals surface area contributed by atoms with E-state index in [4.69, 9.17) is 12.2 Å². The van der Waals surface area contributed by atoms with Crippen molar-refractivity contribution in [1.29, 1.82) is 0 Å². The van der Waals surface area contributed by atoms with E-state index in [-0.39, 0.29) is 5.91 Å². The van der Waals surface area contributed by atoms with Crippen LogP contribution in [-0.4, -0.2) is 70.5 Å². The van der Waals surface area contributed by atoms with Crippen LogP contribution in [0.5, 0.6) is 0 Å². The zero-order valence-corrected chi connectivity index (χ0v) is 16.1. The first-order valence-corrected chi connectivity index (χ1v) is 9.78. The third-order valence-corrected chi connectivity index (χ3v) is 7.08. The molecule has 3 heterocycles. The Bertz CT molecular complexity index is 906. The second-order valence-corrected chi connectivity index (χ2v) is 8.48. The van der Waals surface area contributed by atoms with Gasteiger partial charge >= 0.3 is 0 Å². The van der Waals surface area contributed by atoms with Crippen molar-refractivity contribution < 1.29 is 4.79 Å². The van der Waals surface area contributed by atoms with Crippen LogP contribution in [0.2, 0.25) is 0 Å². The molecule has 2 saturated heterocycles. The molecule has 5 nitrogen and oxygen atoms in total. The summed E-state index contributed by atoms with van der Waals surface area (Å²) in [6.07, 6.45) is 4.47. The van der Waals surface area contributed by atoms with Gasteiger partial charge in [0.1, 0.15) is 0 Å². The molecule has 136 valence electrons. The van der Waals surface area contributed by atoms with Crippen LogP contribution < -0.4 is 0 Å². The Balaban J connectivity index is 1.43. The number of fused-ring (bicyclic) bond motifs is 2. The maximum atomic E-state index is 11.9. The number of aromatic nitrogens is 1. The molecule has 0 saturated carbocycles. The highest BCUT2D eigenvalue weighted by Gasteiger charge is 2.41. The summed E-state index contributed by atoms with van der Waals surface area (Å²) < 4.78 is 0. The standard InChI is InChI=1S/C20H24N4OS/c1-22-9-12(10-24-11-18(25)23(2)20(24)26)6-15-14-4-3-5-16-19(14)13(8-21-16)7-17(15)22/h3-5,8,12,15,17,21H,6-7,9-11H2,1-2H3/t12-,15?,17-/m1/s1. The number of hydrogen-bond acceptors (Lipinski definition) is 3. The van der Waals surface area contributed by atoms with Gasteiger partial charge in [-0.3, -0.25) is 9.69 Å². The number of likely N-dealkylation sites (tertiary alicyclic amines) is 1. The van der Waals surface area contributed by atoms with Gasteiger partial charge in [0.25, 0.3) is 0 Å². The van der Waals surface area contributed by atoms with Crippen LogP contribution in [0.4, 0.5) is 0 Å². The molecule has 1 aromatic heterocycles. The summed E-state index contributed by atoms with van der Waals surface area (Å²) in [4.78, 5) is 21.6. The number of amides is 1. The number of carbonyl (C=O) groups is 1. The van der Waals surface area contributed by atoms with Gasteiger partial charge < -0.3 is 14.8 Å². The summed E-state index contributed by atoms with van der Waals surface area (Å²) in [6.45, 7) is 2.37. The van der Waals surface area contributed by atoms with E-state index in [1.165, 1.54) is 22.0 Å². The predicted octanol–water partition coefficient (Wildman–Crippen LogP) is 2.19. The molecule has 1 aliphatic carbocycles. The van der Waals surface area contributed by atoms with Crippen LogP contribution >= 0.6 is 12.2 Å². The molecule has 0 bridgehead atoms. The minimum absolute atomic E-state index is 0.108. The summed E-state index contributed by atoms with van der Waals surface area (Å²) in [6, 6.07) is 7.23. The van der Waals surface area contributed by atoms with Crippen molar-refractivity contribution in [2.75, 3.05) is 33.7 Å². The first-order valence-electron chi connectivity index (χ1n) is 9.37. The Morgan fingerprint density at radius 2 is 2.15 bits per heavy atom. The lowest BCUT2D eigenvalue weighted by atomic mass is 9.72. The van der Waals surface area contributed by atoms with Gasteiger partial charge in [0.2, 0.25) is 5.91 Å². The third kappa shape index (κ3) is 2.32. The third-order valence-electron chi connectivity index (χ3n) is 6.55. The summed E-state index contributed by atoms with van der Waals surface area (Å²) in [7, 11) is 4.03. The SMILES string of the molecule is CN1C(=O)CN(C[C@@H]2CC3c4cccc5[nH]cc(c45)C[C@H]3N(C)C2)C1=S. The van der Waals surface area contributed by atoms with E-state index in [1.807, 2.05) is 0 Å². The smallest absolute Gasteiger partial charge is 0.248 e. The van der Waals surface area contributed by atoms with Gasteiger partial charge in [0.05, 0.1) is 6.54 Å².